The fraction of sp³-hybridized carbons (Fsp3) is 0.333. The summed E-state index contributed by atoms with van der Waals surface area (Å²) >= 11 is 0. The lowest BCUT2D eigenvalue weighted by molar-refractivity contribution is -0.134. The number of H-pyrrole nitrogens is 1. The zero-order chi connectivity index (χ0) is 23.3. The smallest absolute Gasteiger partial charge is 0.300 e. The minimum absolute atomic E-state index is 0.115. The number of aliphatic carboxylic acids is 1. The van der Waals surface area contributed by atoms with E-state index in [0.29, 0.717) is 30.4 Å². The lowest BCUT2D eigenvalue weighted by Crippen LogP contribution is -2.61. The maximum atomic E-state index is 14.1. The number of benzene rings is 2. The molecule has 0 aliphatic carbocycles. The minimum Gasteiger partial charge on any atom is -0.481 e. The molecule has 0 bridgehead atoms. The molecule has 1 amide bonds. The van der Waals surface area contributed by atoms with Gasteiger partial charge in [0.1, 0.15) is 5.82 Å². The van der Waals surface area contributed by atoms with E-state index in [-0.39, 0.29) is 18.1 Å². The summed E-state index contributed by atoms with van der Waals surface area (Å²) in [4.78, 5) is 25.1. The Morgan fingerprint density at radius 2 is 1.88 bits per heavy atom. The number of β-amino-alcohol motifs (C(OH)–C–C–N with tert-alkyl or cyclic N) is 1. The van der Waals surface area contributed by atoms with Crippen molar-refractivity contribution in [1.29, 1.82) is 0 Å². The van der Waals surface area contributed by atoms with Gasteiger partial charge in [-0.05, 0) is 37.1 Å². The Morgan fingerprint density at radius 3 is 2.53 bits per heavy atom. The van der Waals surface area contributed by atoms with E-state index in [9.17, 15) is 14.3 Å². The van der Waals surface area contributed by atoms with Gasteiger partial charge in [-0.3, -0.25) is 9.59 Å². The molecule has 3 aromatic rings. The van der Waals surface area contributed by atoms with E-state index in [4.69, 9.17) is 9.90 Å². The molecule has 1 aliphatic heterocycles. The summed E-state index contributed by atoms with van der Waals surface area (Å²) in [6.07, 6.45) is -0.0378. The fourth-order valence-corrected chi connectivity index (χ4v) is 4.20. The zero-order valence-electron chi connectivity index (χ0n) is 18.1. The number of hydrogen-bond acceptors (Lipinski definition) is 4. The number of para-hydroxylation sites is 1. The van der Waals surface area contributed by atoms with Gasteiger partial charge in [-0.1, -0.05) is 42.5 Å². The van der Waals surface area contributed by atoms with Crippen LogP contribution >= 0.6 is 0 Å². The van der Waals surface area contributed by atoms with Crippen LogP contribution in [-0.2, 0) is 21.5 Å². The number of amides is 1. The molecule has 2 atom stereocenters. The van der Waals surface area contributed by atoms with Crippen LogP contribution in [0.25, 0.3) is 10.9 Å². The number of carboxylic acid groups (broad SMARTS) is 1. The fourth-order valence-electron chi connectivity index (χ4n) is 4.20. The molecule has 5 N–H and O–H groups in total. The Balaban J connectivity index is 0.000000668. The molecular formula is C24H28FN3O4. The number of piperidine rings is 1. The third kappa shape index (κ3) is 4.98. The van der Waals surface area contributed by atoms with Crippen LogP contribution in [0.15, 0.2) is 48.5 Å². The number of aryl methyl sites for hydroxylation is 1. The summed E-state index contributed by atoms with van der Waals surface area (Å²) in [6, 6.07) is 14.5. The standard InChI is InChI=1S/C22H24FN3O2.C2H4O2/c1-14-17(16-8-5-9-18(23)21(16)25-14)12-20(28)26-22(10-11-24-13-19(22)27)15-6-3-2-4-7-15;1-2(3)4/h2-9,19,24-25,27H,10-13H2,1H3,(H,26,28);1H3,(H,3,4)/t19-,22-;/m1./s1. The number of fused-ring (bicyclic) bond motifs is 1. The number of aliphatic hydroxyl groups excluding tert-OH is 1. The number of aliphatic hydroxyl groups is 1. The first-order valence-corrected chi connectivity index (χ1v) is 10.4. The van der Waals surface area contributed by atoms with Crippen LogP contribution in [-0.4, -0.2) is 46.3 Å². The molecule has 1 saturated heterocycles. The van der Waals surface area contributed by atoms with Crippen LogP contribution in [0.5, 0.6) is 0 Å². The van der Waals surface area contributed by atoms with E-state index in [2.05, 4.69) is 15.6 Å². The van der Waals surface area contributed by atoms with Gasteiger partial charge >= 0.3 is 0 Å². The molecule has 1 fully saturated rings. The van der Waals surface area contributed by atoms with E-state index in [1.165, 1.54) is 6.07 Å². The Hall–Kier alpha value is -3.23. The molecule has 2 aromatic carbocycles. The van der Waals surface area contributed by atoms with E-state index in [1.54, 1.807) is 6.07 Å². The third-order valence-electron chi connectivity index (χ3n) is 5.70. The van der Waals surface area contributed by atoms with Gasteiger partial charge in [-0.15, -0.1) is 0 Å². The van der Waals surface area contributed by atoms with Crippen LogP contribution in [0, 0.1) is 12.7 Å². The molecule has 1 aliphatic rings. The van der Waals surface area contributed by atoms with E-state index >= 15 is 0 Å². The summed E-state index contributed by atoms with van der Waals surface area (Å²) in [6.45, 7) is 4.03. The minimum atomic E-state index is -0.838. The number of hydrogen-bond donors (Lipinski definition) is 5. The molecule has 0 spiro atoms. The number of halogens is 1. The summed E-state index contributed by atoms with van der Waals surface area (Å²) in [5.41, 5.74) is 2.02. The molecule has 170 valence electrons. The highest BCUT2D eigenvalue weighted by atomic mass is 19.1. The molecule has 8 heteroatoms. The molecule has 0 unspecified atom stereocenters. The largest absolute Gasteiger partial charge is 0.481 e. The number of nitrogens with one attached hydrogen (secondary N) is 3. The van der Waals surface area contributed by atoms with Gasteiger partial charge in [0.25, 0.3) is 5.97 Å². The van der Waals surface area contributed by atoms with Crippen LogP contribution in [0.1, 0.15) is 30.2 Å². The average molecular weight is 442 g/mol. The van der Waals surface area contributed by atoms with E-state index < -0.39 is 17.6 Å². The number of aromatic amines is 1. The summed E-state index contributed by atoms with van der Waals surface area (Å²) in [5.74, 6) is -1.36. The second-order valence-corrected chi connectivity index (χ2v) is 7.94. The lowest BCUT2D eigenvalue weighted by atomic mass is 9.79. The van der Waals surface area contributed by atoms with Gasteiger partial charge in [0.05, 0.1) is 23.6 Å². The van der Waals surface area contributed by atoms with Crippen molar-refractivity contribution in [3.63, 3.8) is 0 Å². The summed E-state index contributed by atoms with van der Waals surface area (Å²) in [7, 11) is 0. The zero-order valence-corrected chi connectivity index (χ0v) is 18.1. The first-order chi connectivity index (χ1) is 15.2. The first kappa shape index (κ1) is 23.4. The molecule has 0 radical (unpaired) electrons. The molecule has 7 nitrogen and oxygen atoms in total. The quantitative estimate of drug-likeness (QED) is 0.427. The monoisotopic (exact) mass is 441 g/mol. The maximum Gasteiger partial charge on any atom is 0.300 e. The van der Waals surface area contributed by atoms with Gasteiger partial charge in [0.2, 0.25) is 5.91 Å². The Labute approximate surface area is 185 Å². The Kier molecular flexibility index (Phi) is 7.27. The number of rotatable bonds is 4. The topological polar surface area (TPSA) is 114 Å². The van der Waals surface area contributed by atoms with Gasteiger partial charge in [-0.2, -0.15) is 0 Å². The average Bonchev–Trinajstić information content (AvgIpc) is 3.07. The second kappa shape index (κ2) is 9.93. The SMILES string of the molecule is CC(=O)O.Cc1[nH]c2c(F)cccc2c1CC(=O)N[C@@]1(c2ccccc2)CCNC[C@H]1O. The highest BCUT2D eigenvalue weighted by Gasteiger charge is 2.42. The van der Waals surface area contributed by atoms with Crippen LogP contribution in [0.3, 0.4) is 0 Å². The number of carboxylic acids is 1. The number of aromatic nitrogens is 1. The van der Waals surface area contributed by atoms with Crippen LogP contribution < -0.4 is 10.6 Å². The van der Waals surface area contributed by atoms with Crippen molar-refractivity contribution in [2.45, 2.75) is 38.3 Å². The molecule has 4 rings (SSSR count). The van der Waals surface area contributed by atoms with Crippen molar-refractivity contribution in [2.75, 3.05) is 13.1 Å². The van der Waals surface area contributed by atoms with E-state index in [1.807, 2.05) is 43.3 Å². The molecular weight excluding hydrogens is 413 g/mol. The van der Waals surface area contributed by atoms with Crippen molar-refractivity contribution in [2.24, 2.45) is 0 Å². The van der Waals surface area contributed by atoms with Gasteiger partial charge in [-0.25, -0.2) is 4.39 Å². The maximum absolute atomic E-state index is 14.1. The van der Waals surface area contributed by atoms with E-state index in [0.717, 1.165) is 23.7 Å². The predicted molar refractivity (Wildman–Crippen MR) is 120 cm³/mol. The van der Waals surface area contributed by atoms with Crippen LogP contribution in [0.4, 0.5) is 4.39 Å². The van der Waals surface area contributed by atoms with Crippen molar-refractivity contribution < 1.29 is 24.2 Å². The highest BCUT2D eigenvalue weighted by molar-refractivity contribution is 5.90. The molecule has 32 heavy (non-hydrogen) atoms. The van der Waals surface area contributed by atoms with Crippen molar-refractivity contribution in [3.8, 4) is 0 Å². The highest BCUT2D eigenvalue weighted by Crippen LogP contribution is 2.32. The summed E-state index contributed by atoms with van der Waals surface area (Å²) < 4.78 is 14.1. The van der Waals surface area contributed by atoms with Crippen molar-refractivity contribution in [1.82, 2.24) is 15.6 Å². The van der Waals surface area contributed by atoms with Gasteiger partial charge < -0.3 is 25.8 Å². The predicted octanol–water partition coefficient (Wildman–Crippen LogP) is 2.61. The Morgan fingerprint density at radius 1 is 1.19 bits per heavy atom. The van der Waals surface area contributed by atoms with Gasteiger partial charge in [0.15, 0.2) is 0 Å². The summed E-state index contributed by atoms with van der Waals surface area (Å²) in [5, 5.41) is 25.2. The first-order valence-electron chi connectivity index (χ1n) is 10.4. The number of carbonyl (C=O) groups is 2. The van der Waals surface area contributed by atoms with Gasteiger partial charge in [0, 0.05) is 24.5 Å². The second-order valence-electron chi connectivity index (χ2n) is 7.94. The Bertz CT molecular complexity index is 1100. The van der Waals surface area contributed by atoms with Crippen molar-refractivity contribution >= 4 is 22.8 Å². The van der Waals surface area contributed by atoms with Crippen molar-refractivity contribution in [3.05, 3.63) is 71.2 Å². The molecule has 0 saturated carbocycles. The molecule has 2 heterocycles. The third-order valence-corrected chi connectivity index (χ3v) is 5.70. The lowest BCUT2D eigenvalue weighted by Gasteiger charge is -2.43. The number of carbonyl (C=O) groups excluding carboxylic acids is 1. The van der Waals surface area contributed by atoms with Crippen LogP contribution in [0.2, 0.25) is 0 Å². The molecule has 1 aromatic heterocycles. The normalized spacial score (nSPS) is 20.3.